The van der Waals surface area contributed by atoms with E-state index in [1.165, 1.54) is 20.0 Å². The van der Waals surface area contributed by atoms with E-state index in [2.05, 4.69) is 11.8 Å². The number of rotatable bonds is 5. The molecule has 1 unspecified atom stereocenters. The quantitative estimate of drug-likeness (QED) is 0.604. The van der Waals surface area contributed by atoms with Gasteiger partial charge in [-0.2, -0.15) is 0 Å². The van der Waals surface area contributed by atoms with Gasteiger partial charge in [0.2, 0.25) is 0 Å². The lowest BCUT2D eigenvalue weighted by Crippen LogP contribution is -2.40. The van der Waals surface area contributed by atoms with Crippen molar-refractivity contribution in [2.45, 2.75) is 32.7 Å². The van der Waals surface area contributed by atoms with Gasteiger partial charge in [0.25, 0.3) is 0 Å². The van der Waals surface area contributed by atoms with Crippen molar-refractivity contribution in [1.29, 1.82) is 0 Å². The number of hydrogen-bond donors (Lipinski definition) is 0. The Morgan fingerprint density at radius 2 is 2.23 bits per heavy atom. The van der Waals surface area contributed by atoms with Gasteiger partial charge in [-0.3, -0.25) is 9.69 Å². The lowest BCUT2D eigenvalue weighted by atomic mass is 10.2. The molecule has 0 bridgehead atoms. The molecule has 0 aromatic heterocycles. The van der Waals surface area contributed by atoms with Gasteiger partial charge in [-0.05, 0) is 32.2 Å². The number of nitrogens with zero attached hydrogens (tertiary/aromatic N) is 1. The Kier molecular flexibility index (Phi) is 3.72. The number of methoxy groups -OCH3 is 1. The van der Waals surface area contributed by atoms with E-state index >= 15 is 0 Å². The molecule has 13 heavy (non-hydrogen) atoms. The summed E-state index contributed by atoms with van der Waals surface area (Å²) in [7, 11) is 1.45. The number of ether oxygens (including phenoxy) is 1. The fraction of sp³-hybridized carbons (Fsp3) is 0.900. The molecule has 0 radical (unpaired) electrons. The standard InChI is InChI=1S/C10H19NO2/c1-4-11(7-9-5-6-9)8(2)10(12)13-3/h8-9H,4-7H2,1-3H3. The van der Waals surface area contributed by atoms with E-state index in [0.29, 0.717) is 0 Å². The summed E-state index contributed by atoms with van der Waals surface area (Å²) in [6.45, 7) is 5.97. The number of carbonyl (C=O) groups excluding carboxylic acids is 1. The Morgan fingerprint density at radius 1 is 1.62 bits per heavy atom. The van der Waals surface area contributed by atoms with E-state index in [-0.39, 0.29) is 12.0 Å². The zero-order chi connectivity index (χ0) is 9.84. The minimum atomic E-state index is -0.123. The highest BCUT2D eigenvalue weighted by atomic mass is 16.5. The average molecular weight is 185 g/mol. The third kappa shape index (κ3) is 2.99. The van der Waals surface area contributed by atoms with Crippen LogP contribution in [0.15, 0.2) is 0 Å². The second-order valence-electron chi connectivity index (χ2n) is 3.73. The molecule has 1 rings (SSSR count). The van der Waals surface area contributed by atoms with Crippen molar-refractivity contribution < 1.29 is 9.53 Å². The van der Waals surface area contributed by atoms with Gasteiger partial charge in [-0.15, -0.1) is 0 Å². The monoisotopic (exact) mass is 185 g/mol. The summed E-state index contributed by atoms with van der Waals surface area (Å²) in [5.74, 6) is 0.703. The molecule has 3 nitrogen and oxygen atoms in total. The van der Waals surface area contributed by atoms with Gasteiger partial charge in [0, 0.05) is 6.54 Å². The van der Waals surface area contributed by atoms with Crippen LogP contribution in [0.2, 0.25) is 0 Å². The van der Waals surface area contributed by atoms with E-state index in [0.717, 1.165) is 19.0 Å². The first-order valence-electron chi connectivity index (χ1n) is 5.01. The van der Waals surface area contributed by atoms with Gasteiger partial charge in [0.15, 0.2) is 0 Å². The van der Waals surface area contributed by atoms with Crippen LogP contribution >= 0.6 is 0 Å². The molecule has 1 saturated carbocycles. The van der Waals surface area contributed by atoms with Gasteiger partial charge in [-0.25, -0.2) is 0 Å². The molecule has 0 aliphatic heterocycles. The summed E-state index contributed by atoms with van der Waals surface area (Å²) in [5, 5.41) is 0. The summed E-state index contributed by atoms with van der Waals surface area (Å²) < 4.78 is 4.72. The van der Waals surface area contributed by atoms with Crippen molar-refractivity contribution in [3.8, 4) is 0 Å². The average Bonchev–Trinajstić information content (AvgIpc) is 2.95. The molecule has 0 aromatic carbocycles. The zero-order valence-electron chi connectivity index (χ0n) is 8.75. The highest BCUT2D eigenvalue weighted by Crippen LogP contribution is 2.30. The van der Waals surface area contributed by atoms with Gasteiger partial charge in [-0.1, -0.05) is 6.92 Å². The van der Waals surface area contributed by atoms with E-state index < -0.39 is 0 Å². The molecule has 1 aliphatic carbocycles. The first-order chi connectivity index (χ1) is 6.19. The highest BCUT2D eigenvalue weighted by molar-refractivity contribution is 5.75. The Labute approximate surface area is 80.1 Å². The molecule has 76 valence electrons. The van der Waals surface area contributed by atoms with Gasteiger partial charge in [0.05, 0.1) is 7.11 Å². The Balaban J connectivity index is 2.38. The predicted molar refractivity (Wildman–Crippen MR) is 51.4 cm³/mol. The summed E-state index contributed by atoms with van der Waals surface area (Å²) in [6.07, 6.45) is 2.65. The van der Waals surface area contributed by atoms with E-state index in [9.17, 15) is 4.79 Å². The Hall–Kier alpha value is -0.570. The van der Waals surface area contributed by atoms with Gasteiger partial charge >= 0.3 is 5.97 Å². The van der Waals surface area contributed by atoms with Crippen molar-refractivity contribution >= 4 is 5.97 Å². The van der Waals surface area contributed by atoms with Crippen LogP contribution in [0.3, 0.4) is 0 Å². The van der Waals surface area contributed by atoms with Crippen LogP contribution < -0.4 is 0 Å². The maximum atomic E-state index is 11.3. The molecule has 0 N–H and O–H groups in total. The lowest BCUT2D eigenvalue weighted by molar-refractivity contribution is -0.146. The topological polar surface area (TPSA) is 29.5 Å². The van der Waals surface area contributed by atoms with Crippen molar-refractivity contribution in [2.75, 3.05) is 20.2 Å². The van der Waals surface area contributed by atoms with E-state index in [1.54, 1.807) is 0 Å². The first kappa shape index (κ1) is 10.5. The molecule has 0 amide bonds. The van der Waals surface area contributed by atoms with Gasteiger partial charge < -0.3 is 4.74 Å². The normalized spacial score (nSPS) is 18.8. The summed E-state index contributed by atoms with van der Waals surface area (Å²) in [6, 6.07) is -0.0874. The fourth-order valence-electron chi connectivity index (χ4n) is 1.51. The minimum Gasteiger partial charge on any atom is -0.468 e. The molecule has 0 heterocycles. The van der Waals surface area contributed by atoms with E-state index in [4.69, 9.17) is 4.74 Å². The van der Waals surface area contributed by atoms with Crippen LogP contribution in [0.25, 0.3) is 0 Å². The zero-order valence-corrected chi connectivity index (χ0v) is 8.75. The van der Waals surface area contributed by atoms with Crippen LogP contribution in [-0.4, -0.2) is 37.1 Å². The highest BCUT2D eigenvalue weighted by Gasteiger charge is 2.28. The summed E-state index contributed by atoms with van der Waals surface area (Å²) in [4.78, 5) is 13.4. The summed E-state index contributed by atoms with van der Waals surface area (Å²) >= 11 is 0. The second-order valence-corrected chi connectivity index (χ2v) is 3.73. The van der Waals surface area contributed by atoms with Crippen LogP contribution in [0.1, 0.15) is 26.7 Å². The predicted octanol–water partition coefficient (Wildman–Crippen LogP) is 1.28. The number of carbonyl (C=O) groups is 1. The maximum absolute atomic E-state index is 11.3. The van der Waals surface area contributed by atoms with Crippen LogP contribution in [0.5, 0.6) is 0 Å². The minimum absolute atomic E-state index is 0.0874. The molecule has 1 fully saturated rings. The van der Waals surface area contributed by atoms with E-state index in [1.807, 2.05) is 6.92 Å². The van der Waals surface area contributed by atoms with Crippen molar-refractivity contribution in [3.05, 3.63) is 0 Å². The largest absolute Gasteiger partial charge is 0.468 e. The molecule has 1 atom stereocenters. The molecule has 0 spiro atoms. The molecule has 1 aliphatic rings. The number of esters is 1. The van der Waals surface area contributed by atoms with Crippen LogP contribution in [-0.2, 0) is 9.53 Å². The third-order valence-corrected chi connectivity index (χ3v) is 2.69. The fourth-order valence-corrected chi connectivity index (χ4v) is 1.51. The molecular formula is C10H19NO2. The smallest absolute Gasteiger partial charge is 0.322 e. The third-order valence-electron chi connectivity index (χ3n) is 2.69. The van der Waals surface area contributed by atoms with Crippen molar-refractivity contribution in [3.63, 3.8) is 0 Å². The summed E-state index contributed by atoms with van der Waals surface area (Å²) in [5.41, 5.74) is 0. The molecule has 3 heteroatoms. The van der Waals surface area contributed by atoms with Gasteiger partial charge in [0.1, 0.15) is 6.04 Å². The Bertz CT molecular complexity index is 178. The van der Waals surface area contributed by atoms with Crippen LogP contribution in [0.4, 0.5) is 0 Å². The number of hydrogen-bond acceptors (Lipinski definition) is 3. The molecule has 0 aromatic rings. The molecular weight excluding hydrogens is 166 g/mol. The van der Waals surface area contributed by atoms with Crippen molar-refractivity contribution in [2.24, 2.45) is 5.92 Å². The Morgan fingerprint density at radius 3 is 2.62 bits per heavy atom. The number of likely N-dealkylation sites (N-methyl/N-ethyl adjacent to an activating group) is 1. The lowest BCUT2D eigenvalue weighted by Gasteiger charge is -2.25. The van der Waals surface area contributed by atoms with Crippen LogP contribution in [0, 0.1) is 5.92 Å². The van der Waals surface area contributed by atoms with Crippen molar-refractivity contribution in [1.82, 2.24) is 4.90 Å². The molecule has 0 saturated heterocycles. The maximum Gasteiger partial charge on any atom is 0.322 e. The SMILES string of the molecule is CCN(CC1CC1)C(C)C(=O)OC. The first-order valence-corrected chi connectivity index (χ1v) is 5.01. The second kappa shape index (κ2) is 4.61.